The molecule has 1 heterocycles. The van der Waals surface area contributed by atoms with E-state index in [0.717, 1.165) is 20.1 Å². The summed E-state index contributed by atoms with van der Waals surface area (Å²) in [6.45, 7) is 3.96. The smallest absolute Gasteiger partial charge is 0.171 e. The van der Waals surface area contributed by atoms with Gasteiger partial charge < -0.3 is 5.73 Å². The molecule has 2 N–H and O–H groups in total. The summed E-state index contributed by atoms with van der Waals surface area (Å²) in [5.41, 5.74) is 7.87. The molecule has 0 bridgehead atoms. The van der Waals surface area contributed by atoms with E-state index in [-0.39, 0.29) is 5.78 Å². The van der Waals surface area contributed by atoms with Crippen molar-refractivity contribution in [1.82, 2.24) is 4.98 Å². The highest BCUT2D eigenvalue weighted by atomic mass is 79.9. The van der Waals surface area contributed by atoms with Crippen LogP contribution in [0.3, 0.4) is 0 Å². The first-order valence-electron chi connectivity index (χ1n) is 5.48. The number of thiazole rings is 1. The molecule has 18 heavy (non-hydrogen) atoms. The molecule has 1 aromatic heterocycles. The number of carbonyl (C=O) groups excluding carboxylic acids is 1. The molecule has 0 saturated heterocycles. The molecular weight excluding hydrogens is 312 g/mol. The predicted molar refractivity (Wildman–Crippen MR) is 78.2 cm³/mol. The molecule has 0 spiro atoms. The SMILES string of the molecule is Cc1nc(CC(=O)c2cc(Br)ccc2N)sc1C. The van der Waals surface area contributed by atoms with Gasteiger partial charge in [0.05, 0.1) is 12.1 Å². The van der Waals surface area contributed by atoms with Crippen molar-refractivity contribution in [2.75, 3.05) is 5.73 Å². The minimum atomic E-state index is 0.00236. The summed E-state index contributed by atoms with van der Waals surface area (Å²) in [6.07, 6.45) is 0.306. The van der Waals surface area contributed by atoms with Crippen LogP contribution in [-0.4, -0.2) is 10.8 Å². The molecule has 0 amide bonds. The molecule has 5 heteroatoms. The van der Waals surface area contributed by atoms with Gasteiger partial charge in [0, 0.05) is 20.6 Å². The Morgan fingerprint density at radius 1 is 1.44 bits per heavy atom. The molecule has 0 aliphatic heterocycles. The second kappa shape index (κ2) is 5.20. The average Bonchev–Trinajstić information content (AvgIpc) is 2.61. The summed E-state index contributed by atoms with van der Waals surface area (Å²) in [7, 11) is 0. The van der Waals surface area contributed by atoms with Gasteiger partial charge in [0.25, 0.3) is 0 Å². The predicted octanol–water partition coefficient (Wildman–Crippen LogP) is 3.53. The maximum Gasteiger partial charge on any atom is 0.171 e. The highest BCUT2D eigenvalue weighted by Crippen LogP contribution is 2.22. The standard InChI is InChI=1S/C13H13BrN2OS/c1-7-8(2)18-13(16-7)6-12(17)10-5-9(14)3-4-11(10)15/h3-5H,6,15H2,1-2H3. The first-order valence-corrected chi connectivity index (χ1v) is 7.09. The lowest BCUT2D eigenvalue weighted by atomic mass is 10.1. The Morgan fingerprint density at radius 2 is 2.17 bits per heavy atom. The Balaban J connectivity index is 2.24. The van der Waals surface area contributed by atoms with E-state index in [9.17, 15) is 4.79 Å². The maximum absolute atomic E-state index is 12.2. The third kappa shape index (κ3) is 2.79. The number of anilines is 1. The molecule has 94 valence electrons. The van der Waals surface area contributed by atoms with Crippen molar-refractivity contribution in [3.63, 3.8) is 0 Å². The number of nitrogens with two attached hydrogens (primary N) is 1. The second-order valence-electron chi connectivity index (χ2n) is 4.08. The summed E-state index contributed by atoms with van der Waals surface area (Å²) >= 11 is 4.91. The van der Waals surface area contributed by atoms with Crippen molar-refractivity contribution in [3.05, 3.63) is 43.8 Å². The minimum Gasteiger partial charge on any atom is -0.398 e. The monoisotopic (exact) mass is 324 g/mol. The first-order chi connectivity index (χ1) is 8.47. The maximum atomic E-state index is 12.2. The van der Waals surface area contributed by atoms with Crippen LogP contribution in [0.25, 0.3) is 0 Å². The molecule has 0 unspecified atom stereocenters. The van der Waals surface area contributed by atoms with Crippen molar-refractivity contribution in [1.29, 1.82) is 0 Å². The van der Waals surface area contributed by atoms with Crippen LogP contribution in [0.4, 0.5) is 5.69 Å². The zero-order chi connectivity index (χ0) is 13.3. The minimum absolute atomic E-state index is 0.00236. The first kappa shape index (κ1) is 13.2. The molecule has 0 aliphatic rings. The molecule has 2 rings (SSSR count). The number of aryl methyl sites for hydroxylation is 2. The number of benzene rings is 1. The third-order valence-corrected chi connectivity index (χ3v) is 4.27. The molecule has 0 aliphatic carbocycles. The van der Waals surface area contributed by atoms with Crippen LogP contribution in [0.2, 0.25) is 0 Å². The van der Waals surface area contributed by atoms with Crippen LogP contribution >= 0.6 is 27.3 Å². The third-order valence-electron chi connectivity index (χ3n) is 2.70. The molecular formula is C13H13BrN2OS. The van der Waals surface area contributed by atoms with Crippen LogP contribution in [-0.2, 0) is 6.42 Å². The van der Waals surface area contributed by atoms with E-state index < -0.39 is 0 Å². The van der Waals surface area contributed by atoms with E-state index in [1.165, 1.54) is 0 Å². The van der Waals surface area contributed by atoms with Gasteiger partial charge in [-0.2, -0.15) is 0 Å². The van der Waals surface area contributed by atoms with Crippen LogP contribution in [0.5, 0.6) is 0 Å². The van der Waals surface area contributed by atoms with E-state index in [1.807, 2.05) is 19.9 Å². The number of aromatic nitrogens is 1. The number of rotatable bonds is 3. The number of nitrogen functional groups attached to an aromatic ring is 1. The van der Waals surface area contributed by atoms with Gasteiger partial charge in [-0.25, -0.2) is 4.98 Å². The van der Waals surface area contributed by atoms with Crippen LogP contribution in [0.1, 0.15) is 25.9 Å². The highest BCUT2D eigenvalue weighted by Gasteiger charge is 2.14. The fraction of sp³-hybridized carbons (Fsp3) is 0.231. The number of hydrogen-bond acceptors (Lipinski definition) is 4. The normalized spacial score (nSPS) is 10.6. The summed E-state index contributed by atoms with van der Waals surface area (Å²) in [6, 6.07) is 5.31. The van der Waals surface area contributed by atoms with E-state index in [0.29, 0.717) is 17.7 Å². The Bertz CT molecular complexity index is 588. The van der Waals surface area contributed by atoms with Crippen molar-refractivity contribution < 1.29 is 4.79 Å². The van der Waals surface area contributed by atoms with Crippen LogP contribution in [0, 0.1) is 13.8 Å². The van der Waals surface area contributed by atoms with Crippen molar-refractivity contribution in [2.24, 2.45) is 0 Å². The highest BCUT2D eigenvalue weighted by molar-refractivity contribution is 9.10. The number of nitrogens with zero attached hydrogens (tertiary/aromatic N) is 1. The van der Waals surface area contributed by atoms with Gasteiger partial charge >= 0.3 is 0 Å². The second-order valence-corrected chi connectivity index (χ2v) is 6.28. The van der Waals surface area contributed by atoms with Gasteiger partial charge in [-0.15, -0.1) is 11.3 Å². The van der Waals surface area contributed by atoms with Gasteiger partial charge in [-0.1, -0.05) is 15.9 Å². The molecule has 0 atom stereocenters. The van der Waals surface area contributed by atoms with Crippen molar-refractivity contribution in [3.8, 4) is 0 Å². The lowest BCUT2D eigenvalue weighted by Gasteiger charge is -2.04. The summed E-state index contributed by atoms with van der Waals surface area (Å²) in [4.78, 5) is 17.7. The van der Waals surface area contributed by atoms with Gasteiger partial charge in [0.15, 0.2) is 5.78 Å². The Labute approximate surface area is 118 Å². The Hall–Kier alpha value is -1.20. The lowest BCUT2D eigenvalue weighted by Crippen LogP contribution is -2.06. The summed E-state index contributed by atoms with van der Waals surface area (Å²) in [5, 5.41) is 0.842. The topological polar surface area (TPSA) is 56.0 Å². The number of halogens is 1. The fourth-order valence-electron chi connectivity index (χ4n) is 1.62. The lowest BCUT2D eigenvalue weighted by molar-refractivity contribution is 0.0993. The molecule has 0 radical (unpaired) electrons. The molecule has 0 fully saturated rings. The Kier molecular flexibility index (Phi) is 3.82. The van der Waals surface area contributed by atoms with E-state index in [1.54, 1.807) is 23.5 Å². The number of carbonyl (C=O) groups is 1. The van der Waals surface area contributed by atoms with Crippen LogP contribution in [0.15, 0.2) is 22.7 Å². The van der Waals surface area contributed by atoms with Gasteiger partial charge in [0.1, 0.15) is 5.01 Å². The summed E-state index contributed by atoms with van der Waals surface area (Å²) < 4.78 is 0.853. The Morgan fingerprint density at radius 3 is 2.78 bits per heavy atom. The average molecular weight is 325 g/mol. The van der Waals surface area contributed by atoms with Gasteiger partial charge in [-0.05, 0) is 32.0 Å². The van der Waals surface area contributed by atoms with Gasteiger partial charge in [0.2, 0.25) is 0 Å². The fourth-order valence-corrected chi connectivity index (χ4v) is 2.91. The summed E-state index contributed by atoms with van der Waals surface area (Å²) in [5.74, 6) is 0.00236. The molecule has 2 aromatic rings. The molecule has 3 nitrogen and oxygen atoms in total. The number of hydrogen-bond donors (Lipinski definition) is 1. The van der Waals surface area contributed by atoms with Crippen molar-refractivity contribution >= 4 is 38.7 Å². The van der Waals surface area contributed by atoms with E-state index in [4.69, 9.17) is 5.73 Å². The van der Waals surface area contributed by atoms with Gasteiger partial charge in [-0.3, -0.25) is 4.79 Å². The zero-order valence-corrected chi connectivity index (χ0v) is 12.6. The largest absolute Gasteiger partial charge is 0.398 e. The number of ketones is 1. The molecule has 0 saturated carbocycles. The van der Waals surface area contributed by atoms with E-state index >= 15 is 0 Å². The zero-order valence-electron chi connectivity index (χ0n) is 10.2. The van der Waals surface area contributed by atoms with Crippen LogP contribution < -0.4 is 5.73 Å². The number of Topliss-reactive ketones (excluding diaryl/α,β-unsaturated/α-hetero) is 1. The van der Waals surface area contributed by atoms with Crippen molar-refractivity contribution in [2.45, 2.75) is 20.3 Å². The molecule has 1 aromatic carbocycles. The van der Waals surface area contributed by atoms with E-state index in [2.05, 4.69) is 20.9 Å². The quantitative estimate of drug-likeness (QED) is 0.694.